The van der Waals surface area contributed by atoms with Crippen LogP contribution in [0.5, 0.6) is 0 Å². The number of sulfonamides is 1. The molecule has 0 atom stereocenters. The summed E-state index contributed by atoms with van der Waals surface area (Å²) in [6, 6.07) is 15.1. The number of likely N-dealkylation sites (N-methyl/N-ethyl adjacent to an activating group) is 1. The molecule has 0 radical (unpaired) electrons. The summed E-state index contributed by atoms with van der Waals surface area (Å²) in [5.74, 6) is 0.858. The van der Waals surface area contributed by atoms with Crippen molar-refractivity contribution in [3.63, 3.8) is 0 Å². The zero-order valence-electron chi connectivity index (χ0n) is 18.3. The van der Waals surface area contributed by atoms with Crippen LogP contribution in [-0.4, -0.2) is 69.6 Å². The number of carbonyl (C=O) groups excluding carboxylic acids is 1. The maximum absolute atomic E-state index is 12.8. The number of nitrogens with one attached hydrogen (secondary N) is 1. The van der Waals surface area contributed by atoms with E-state index in [1.165, 1.54) is 11.4 Å². The lowest BCUT2D eigenvalue weighted by Gasteiger charge is -2.21. The highest BCUT2D eigenvalue weighted by Crippen LogP contribution is 2.18. The Morgan fingerprint density at radius 3 is 2.42 bits per heavy atom. The highest BCUT2D eigenvalue weighted by molar-refractivity contribution is 7.89. The molecule has 0 saturated carbocycles. The van der Waals surface area contributed by atoms with Gasteiger partial charge in [-0.3, -0.25) is 9.79 Å². The standard InChI is InChI=1S/C23H30N4O3S/c1-18-6-4-5-7-21(18)31(29,30)27(3)17-13-22(28)26(2)16-12-19-8-10-20(11-9-19)23-24-14-15-25-23/h4-11H,12-17H2,1-3H3,(H,24,25). The number of hydrogen-bond donors (Lipinski definition) is 1. The van der Waals surface area contributed by atoms with Crippen LogP contribution in [0.1, 0.15) is 23.1 Å². The Bertz CT molecular complexity index is 1050. The molecule has 0 aromatic heterocycles. The molecule has 0 saturated heterocycles. The number of benzene rings is 2. The van der Waals surface area contributed by atoms with E-state index >= 15 is 0 Å². The van der Waals surface area contributed by atoms with Crippen LogP contribution in [0.3, 0.4) is 0 Å². The average Bonchev–Trinajstić information content (AvgIpc) is 3.31. The van der Waals surface area contributed by atoms with Crippen molar-refractivity contribution in [1.29, 1.82) is 0 Å². The highest BCUT2D eigenvalue weighted by Gasteiger charge is 2.23. The van der Waals surface area contributed by atoms with Crippen LogP contribution in [0.15, 0.2) is 58.4 Å². The van der Waals surface area contributed by atoms with Crippen molar-refractivity contribution in [1.82, 2.24) is 14.5 Å². The van der Waals surface area contributed by atoms with E-state index in [9.17, 15) is 13.2 Å². The predicted molar refractivity (Wildman–Crippen MR) is 123 cm³/mol. The fourth-order valence-electron chi connectivity index (χ4n) is 3.42. The third kappa shape index (κ3) is 5.71. The molecule has 7 nitrogen and oxygen atoms in total. The molecule has 1 heterocycles. The molecular weight excluding hydrogens is 412 g/mol. The summed E-state index contributed by atoms with van der Waals surface area (Å²) in [6.45, 7) is 4.18. The Morgan fingerprint density at radius 2 is 1.77 bits per heavy atom. The Morgan fingerprint density at radius 1 is 1.06 bits per heavy atom. The maximum atomic E-state index is 12.8. The van der Waals surface area contributed by atoms with Crippen molar-refractivity contribution in [3.8, 4) is 0 Å². The van der Waals surface area contributed by atoms with E-state index in [-0.39, 0.29) is 23.8 Å². The molecule has 8 heteroatoms. The first kappa shape index (κ1) is 23.0. The SMILES string of the molecule is Cc1ccccc1S(=O)(=O)N(C)CCC(=O)N(C)CCc1ccc(C2=NCCN2)cc1. The largest absolute Gasteiger partial charge is 0.368 e. The lowest BCUT2D eigenvalue weighted by Crippen LogP contribution is -2.34. The van der Waals surface area contributed by atoms with Crippen molar-refractivity contribution in [2.24, 2.45) is 4.99 Å². The van der Waals surface area contributed by atoms with Crippen molar-refractivity contribution >= 4 is 21.8 Å². The van der Waals surface area contributed by atoms with Gasteiger partial charge < -0.3 is 10.2 Å². The van der Waals surface area contributed by atoms with Gasteiger partial charge in [0, 0.05) is 45.7 Å². The number of aliphatic imine (C=N–C) groups is 1. The lowest BCUT2D eigenvalue weighted by atomic mass is 10.1. The number of rotatable bonds is 9. The van der Waals surface area contributed by atoms with Crippen LogP contribution in [0.4, 0.5) is 0 Å². The number of amidine groups is 1. The van der Waals surface area contributed by atoms with Gasteiger partial charge in [0.25, 0.3) is 0 Å². The highest BCUT2D eigenvalue weighted by atomic mass is 32.2. The maximum Gasteiger partial charge on any atom is 0.243 e. The molecule has 166 valence electrons. The van der Waals surface area contributed by atoms with E-state index in [2.05, 4.69) is 22.4 Å². The Kier molecular flexibility index (Phi) is 7.46. The van der Waals surface area contributed by atoms with E-state index in [0.29, 0.717) is 12.1 Å². The molecule has 0 fully saturated rings. The first-order chi connectivity index (χ1) is 14.8. The molecule has 3 rings (SSSR count). The normalized spacial score (nSPS) is 13.7. The van der Waals surface area contributed by atoms with E-state index in [0.717, 1.165) is 36.5 Å². The first-order valence-electron chi connectivity index (χ1n) is 10.4. The predicted octanol–water partition coefficient (Wildman–Crippen LogP) is 2.06. The van der Waals surface area contributed by atoms with Crippen molar-refractivity contribution in [2.75, 3.05) is 40.3 Å². The van der Waals surface area contributed by atoms with Gasteiger partial charge in [0.15, 0.2) is 0 Å². The minimum atomic E-state index is -3.61. The van der Waals surface area contributed by atoms with Gasteiger partial charge in [0.05, 0.1) is 11.4 Å². The molecule has 0 unspecified atom stereocenters. The molecule has 0 spiro atoms. The second-order valence-corrected chi connectivity index (χ2v) is 9.77. The summed E-state index contributed by atoms with van der Waals surface area (Å²) < 4.78 is 26.8. The van der Waals surface area contributed by atoms with E-state index in [1.807, 2.05) is 12.1 Å². The summed E-state index contributed by atoms with van der Waals surface area (Å²) in [5, 5.41) is 3.25. The number of nitrogens with zero attached hydrogens (tertiary/aromatic N) is 3. The van der Waals surface area contributed by atoms with Gasteiger partial charge in [-0.15, -0.1) is 0 Å². The Labute approximate surface area is 184 Å². The fraction of sp³-hybridized carbons (Fsp3) is 0.391. The molecule has 1 amide bonds. The number of aryl methyl sites for hydroxylation is 1. The van der Waals surface area contributed by atoms with Crippen LogP contribution in [0, 0.1) is 6.92 Å². The van der Waals surface area contributed by atoms with Crippen LogP contribution in [0.25, 0.3) is 0 Å². The quantitative estimate of drug-likeness (QED) is 0.645. The lowest BCUT2D eigenvalue weighted by molar-refractivity contribution is -0.129. The molecule has 31 heavy (non-hydrogen) atoms. The molecule has 2 aromatic carbocycles. The molecular formula is C23H30N4O3S. The van der Waals surface area contributed by atoms with Crippen LogP contribution >= 0.6 is 0 Å². The van der Waals surface area contributed by atoms with E-state index in [4.69, 9.17) is 0 Å². The second-order valence-electron chi connectivity index (χ2n) is 7.76. The summed E-state index contributed by atoms with van der Waals surface area (Å²) in [5.41, 5.74) is 2.91. The summed E-state index contributed by atoms with van der Waals surface area (Å²) in [4.78, 5) is 18.9. The molecule has 0 aliphatic carbocycles. The summed E-state index contributed by atoms with van der Waals surface area (Å²) in [6.07, 6.45) is 0.877. The molecule has 1 N–H and O–H groups in total. The molecule has 1 aliphatic heterocycles. The summed E-state index contributed by atoms with van der Waals surface area (Å²) >= 11 is 0. The number of carbonyl (C=O) groups is 1. The van der Waals surface area contributed by atoms with Gasteiger partial charge >= 0.3 is 0 Å². The van der Waals surface area contributed by atoms with Crippen LogP contribution in [-0.2, 0) is 21.2 Å². The molecule has 1 aliphatic rings. The topological polar surface area (TPSA) is 82.1 Å². The average molecular weight is 443 g/mol. The number of hydrogen-bond acceptors (Lipinski definition) is 5. The fourth-order valence-corrected chi connectivity index (χ4v) is 4.81. The van der Waals surface area contributed by atoms with E-state index < -0.39 is 10.0 Å². The zero-order valence-corrected chi connectivity index (χ0v) is 19.2. The van der Waals surface area contributed by atoms with Crippen molar-refractivity contribution < 1.29 is 13.2 Å². The zero-order chi connectivity index (χ0) is 22.4. The number of amides is 1. The van der Waals surface area contributed by atoms with Gasteiger partial charge in [-0.25, -0.2) is 12.7 Å². The smallest absolute Gasteiger partial charge is 0.243 e. The third-order valence-corrected chi connectivity index (χ3v) is 7.50. The van der Waals surface area contributed by atoms with Crippen LogP contribution in [0.2, 0.25) is 0 Å². The van der Waals surface area contributed by atoms with Gasteiger partial charge in [-0.05, 0) is 30.5 Å². The van der Waals surface area contributed by atoms with Gasteiger partial charge in [0.1, 0.15) is 5.84 Å². The van der Waals surface area contributed by atoms with Crippen molar-refractivity contribution in [3.05, 3.63) is 65.2 Å². The minimum absolute atomic E-state index is 0.0760. The molecule has 2 aromatic rings. The van der Waals surface area contributed by atoms with Crippen LogP contribution < -0.4 is 5.32 Å². The van der Waals surface area contributed by atoms with Gasteiger partial charge in [0.2, 0.25) is 15.9 Å². The third-order valence-electron chi connectivity index (χ3n) is 5.49. The van der Waals surface area contributed by atoms with Crippen molar-refractivity contribution in [2.45, 2.75) is 24.7 Å². The minimum Gasteiger partial charge on any atom is -0.368 e. The molecule has 0 bridgehead atoms. The Balaban J connectivity index is 1.48. The van der Waals surface area contributed by atoms with Gasteiger partial charge in [-0.1, -0.05) is 42.5 Å². The summed E-state index contributed by atoms with van der Waals surface area (Å²) in [7, 11) is -0.342. The van der Waals surface area contributed by atoms with E-state index in [1.54, 1.807) is 43.1 Å². The Hall–Kier alpha value is -2.71. The second kappa shape index (κ2) is 10.1. The monoisotopic (exact) mass is 442 g/mol. The van der Waals surface area contributed by atoms with Gasteiger partial charge in [-0.2, -0.15) is 0 Å². The first-order valence-corrected chi connectivity index (χ1v) is 11.9.